The van der Waals surface area contributed by atoms with E-state index in [1.165, 1.54) is 29.4 Å². The molecule has 0 aliphatic heterocycles. The maximum atomic E-state index is 11.8. The van der Waals surface area contributed by atoms with Crippen LogP contribution in [-0.4, -0.2) is 13.1 Å². The standard InChI is InChI=1S/C20H24O2/c1-11-8-9-17(10-18(21)22-7)20-16(6)14(4)13(3)15(5)19(20)12(11)2/h9H,1-2,8,10H2,3-7H3. The summed E-state index contributed by atoms with van der Waals surface area (Å²) in [7, 11) is 1.43. The summed E-state index contributed by atoms with van der Waals surface area (Å²) in [5.41, 5.74) is 10.3. The molecule has 0 saturated heterocycles. The molecule has 0 amide bonds. The molecule has 22 heavy (non-hydrogen) atoms. The molecule has 2 nitrogen and oxygen atoms in total. The van der Waals surface area contributed by atoms with E-state index in [9.17, 15) is 4.79 Å². The summed E-state index contributed by atoms with van der Waals surface area (Å²) in [5, 5.41) is 0. The van der Waals surface area contributed by atoms with E-state index in [0.717, 1.165) is 34.3 Å². The fraction of sp³-hybridized carbons (Fsp3) is 0.350. The largest absolute Gasteiger partial charge is 0.469 e. The van der Waals surface area contributed by atoms with Crippen molar-refractivity contribution in [1.29, 1.82) is 0 Å². The summed E-state index contributed by atoms with van der Waals surface area (Å²) in [4.78, 5) is 11.8. The predicted octanol–water partition coefficient (Wildman–Crippen LogP) is 4.84. The van der Waals surface area contributed by atoms with Gasteiger partial charge in [-0.3, -0.25) is 4.79 Å². The van der Waals surface area contributed by atoms with Gasteiger partial charge in [-0.2, -0.15) is 0 Å². The molecule has 116 valence electrons. The number of benzene rings is 1. The van der Waals surface area contributed by atoms with Gasteiger partial charge in [-0.1, -0.05) is 19.2 Å². The third kappa shape index (κ3) is 2.54. The lowest BCUT2D eigenvalue weighted by molar-refractivity contribution is -0.139. The van der Waals surface area contributed by atoms with Crippen molar-refractivity contribution in [2.24, 2.45) is 0 Å². The molecule has 1 aromatic carbocycles. The maximum Gasteiger partial charge on any atom is 0.309 e. The number of esters is 1. The Morgan fingerprint density at radius 1 is 1.05 bits per heavy atom. The van der Waals surface area contributed by atoms with Crippen LogP contribution in [-0.2, 0) is 9.53 Å². The van der Waals surface area contributed by atoms with Crippen molar-refractivity contribution in [2.75, 3.05) is 7.11 Å². The number of allylic oxidation sites excluding steroid dienone is 3. The molecule has 1 aromatic rings. The Balaban J connectivity index is 2.79. The highest BCUT2D eigenvalue weighted by Gasteiger charge is 2.24. The molecule has 0 unspecified atom stereocenters. The molecule has 0 N–H and O–H groups in total. The Morgan fingerprint density at radius 3 is 2.14 bits per heavy atom. The van der Waals surface area contributed by atoms with E-state index in [0.29, 0.717) is 0 Å². The smallest absolute Gasteiger partial charge is 0.309 e. The van der Waals surface area contributed by atoms with E-state index < -0.39 is 0 Å². The van der Waals surface area contributed by atoms with Gasteiger partial charge in [-0.05, 0) is 84.2 Å². The SMILES string of the molecule is C=C1CC=C(CC(=O)OC)c2c(C)c(C)c(C)c(C)c2C1=C. The molecule has 1 aliphatic rings. The summed E-state index contributed by atoms with van der Waals surface area (Å²) in [5.74, 6) is -0.217. The van der Waals surface area contributed by atoms with Crippen molar-refractivity contribution in [1.82, 2.24) is 0 Å². The van der Waals surface area contributed by atoms with E-state index >= 15 is 0 Å². The van der Waals surface area contributed by atoms with Crippen LogP contribution in [0.25, 0.3) is 11.1 Å². The van der Waals surface area contributed by atoms with Gasteiger partial charge in [-0.15, -0.1) is 0 Å². The number of rotatable bonds is 2. The predicted molar refractivity (Wildman–Crippen MR) is 92.8 cm³/mol. The second-order valence-corrected chi connectivity index (χ2v) is 6.02. The first-order valence-electron chi connectivity index (χ1n) is 7.53. The van der Waals surface area contributed by atoms with Crippen molar-refractivity contribution in [3.8, 4) is 0 Å². The number of hydrogen-bond acceptors (Lipinski definition) is 2. The van der Waals surface area contributed by atoms with Gasteiger partial charge in [-0.25, -0.2) is 0 Å². The number of carbonyl (C=O) groups excluding carboxylic acids is 1. The molecule has 0 heterocycles. The average molecular weight is 296 g/mol. The summed E-state index contributed by atoms with van der Waals surface area (Å²) < 4.78 is 4.86. The number of fused-ring (bicyclic) bond motifs is 1. The van der Waals surface area contributed by atoms with Crippen molar-refractivity contribution in [3.05, 3.63) is 58.2 Å². The Labute approximate surface area is 133 Å². The Hall–Kier alpha value is -2.09. The summed E-state index contributed by atoms with van der Waals surface area (Å²) in [6.07, 6.45) is 3.10. The molecule has 0 radical (unpaired) electrons. The quantitative estimate of drug-likeness (QED) is 0.730. The van der Waals surface area contributed by atoms with Crippen LogP contribution in [0.4, 0.5) is 0 Å². The molecular weight excluding hydrogens is 272 g/mol. The van der Waals surface area contributed by atoms with Crippen LogP contribution in [0.1, 0.15) is 46.2 Å². The van der Waals surface area contributed by atoms with Crippen molar-refractivity contribution in [2.45, 2.75) is 40.5 Å². The minimum atomic E-state index is -0.217. The van der Waals surface area contributed by atoms with Gasteiger partial charge in [0.1, 0.15) is 0 Å². The van der Waals surface area contributed by atoms with E-state index in [2.05, 4.69) is 46.9 Å². The van der Waals surface area contributed by atoms with Crippen molar-refractivity contribution in [3.63, 3.8) is 0 Å². The molecule has 2 rings (SSSR count). The summed E-state index contributed by atoms with van der Waals surface area (Å²) in [6.45, 7) is 16.9. The van der Waals surface area contributed by atoms with Gasteiger partial charge in [0.25, 0.3) is 0 Å². The Morgan fingerprint density at radius 2 is 1.59 bits per heavy atom. The normalized spacial score (nSPS) is 14.3. The van der Waals surface area contributed by atoms with Gasteiger partial charge in [0.05, 0.1) is 13.5 Å². The van der Waals surface area contributed by atoms with Crippen LogP contribution in [0, 0.1) is 27.7 Å². The van der Waals surface area contributed by atoms with E-state index in [1.807, 2.05) is 0 Å². The van der Waals surface area contributed by atoms with Crippen LogP contribution in [0.3, 0.4) is 0 Å². The fourth-order valence-electron chi connectivity index (χ4n) is 3.13. The lowest BCUT2D eigenvalue weighted by Gasteiger charge is -2.22. The number of hydrogen-bond donors (Lipinski definition) is 0. The third-order valence-electron chi connectivity index (χ3n) is 4.89. The zero-order valence-corrected chi connectivity index (χ0v) is 14.2. The fourth-order valence-corrected chi connectivity index (χ4v) is 3.13. The van der Waals surface area contributed by atoms with Crippen LogP contribution in [0.5, 0.6) is 0 Å². The molecule has 0 spiro atoms. The van der Waals surface area contributed by atoms with Crippen LogP contribution in [0.2, 0.25) is 0 Å². The zero-order valence-electron chi connectivity index (χ0n) is 14.2. The van der Waals surface area contributed by atoms with Crippen LogP contribution < -0.4 is 0 Å². The maximum absolute atomic E-state index is 11.8. The number of carbonyl (C=O) groups is 1. The topological polar surface area (TPSA) is 26.3 Å². The molecule has 0 aromatic heterocycles. The minimum absolute atomic E-state index is 0.217. The minimum Gasteiger partial charge on any atom is -0.469 e. The molecular formula is C20H24O2. The lowest BCUT2D eigenvalue weighted by Crippen LogP contribution is -2.07. The Bertz CT molecular complexity index is 718. The van der Waals surface area contributed by atoms with Crippen LogP contribution in [0.15, 0.2) is 24.8 Å². The molecule has 0 atom stereocenters. The first-order chi connectivity index (χ1) is 10.3. The van der Waals surface area contributed by atoms with E-state index in [1.54, 1.807) is 0 Å². The first kappa shape index (κ1) is 16.3. The average Bonchev–Trinajstić information content (AvgIpc) is 2.62. The third-order valence-corrected chi connectivity index (χ3v) is 4.89. The molecule has 2 heteroatoms. The molecule has 1 aliphatic carbocycles. The van der Waals surface area contributed by atoms with Gasteiger partial charge in [0, 0.05) is 0 Å². The lowest BCUT2D eigenvalue weighted by atomic mass is 9.82. The number of ether oxygens (including phenoxy) is 1. The second-order valence-electron chi connectivity index (χ2n) is 6.02. The second kappa shape index (κ2) is 5.96. The van der Waals surface area contributed by atoms with Crippen molar-refractivity contribution >= 4 is 17.1 Å². The van der Waals surface area contributed by atoms with E-state index in [4.69, 9.17) is 4.74 Å². The van der Waals surface area contributed by atoms with Gasteiger partial charge in [0.15, 0.2) is 0 Å². The van der Waals surface area contributed by atoms with Gasteiger partial charge >= 0.3 is 5.97 Å². The number of methoxy groups -OCH3 is 1. The van der Waals surface area contributed by atoms with E-state index in [-0.39, 0.29) is 12.4 Å². The highest BCUT2D eigenvalue weighted by molar-refractivity contribution is 5.95. The summed E-state index contributed by atoms with van der Waals surface area (Å²) >= 11 is 0. The van der Waals surface area contributed by atoms with Crippen LogP contribution >= 0.6 is 0 Å². The van der Waals surface area contributed by atoms with Gasteiger partial charge in [0.2, 0.25) is 0 Å². The highest BCUT2D eigenvalue weighted by Crippen LogP contribution is 2.41. The van der Waals surface area contributed by atoms with Gasteiger partial charge < -0.3 is 4.74 Å². The van der Waals surface area contributed by atoms with Crippen molar-refractivity contribution < 1.29 is 9.53 Å². The monoisotopic (exact) mass is 296 g/mol. The molecule has 0 bridgehead atoms. The zero-order chi connectivity index (χ0) is 16.6. The first-order valence-corrected chi connectivity index (χ1v) is 7.53. The highest BCUT2D eigenvalue weighted by atomic mass is 16.5. The molecule has 0 fully saturated rings. The summed E-state index contributed by atoms with van der Waals surface area (Å²) in [6, 6.07) is 0. The Kier molecular flexibility index (Phi) is 4.41. The molecule has 0 saturated carbocycles.